The number of nitrogens with zero attached hydrogens (tertiary/aromatic N) is 1. The number of aliphatic carboxylic acids is 1. The molecule has 1 rings (SSSR count). The van der Waals surface area contributed by atoms with Crippen molar-refractivity contribution >= 4 is 12.0 Å². The van der Waals surface area contributed by atoms with Crippen LogP contribution in [0.1, 0.15) is 47.0 Å². The fraction of sp³-hybridized carbons (Fsp3) is 0.867. The number of carboxylic acid groups (broad SMARTS) is 1. The second kappa shape index (κ2) is 7.50. The molecule has 1 fully saturated rings. The molecule has 0 spiro atoms. The Hall–Kier alpha value is -1.26. The van der Waals surface area contributed by atoms with E-state index in [-0.39, 0.29) is 18.6 Å². The van der Waals surface area contributed by atoms with Crippen molar-refractivity contribution in [3.63, 3.8) is 0 Å². The lowest BCUT2D eigenvalue weighted by Crippen LogP contribution is -2.48. The van der Waals surface area contributed by atoms with E-state index in [1.165, 1.54) is 0 Å². The van der Waals surface area contributed by atoms with Crippen molar-refractivity contribution in [1.82, 2.24) is 10.2 Å². The largest absolute Gasteiger partial charge is 0.481 e. The SMILES string of the molecule is CCN(CC(C)C(=O)O)C(=O)NC1CCC(C)C(C)C1. The van der Waals surface area contributed by atoms with Crippen LogP contribution >= 0.6 is 0 Å². The standard InChI is InChI=1S/C15H28N2O3/c1-5-17(9-12(4)14(18)19)15(20)16-13-7-6-10(2)11(3)8-13/h10-13H,5-9H2,1-4H3,(H,16,20)(H,18,19). The second-order valence-corrected chi connectivity index (χ2v) is 6.19. The van der Waals surface area contributed by atoms with E-state index in [1.54, 1.807) is 11.8 Å². The van der Waals surface area contributed by atoms with Crippen molar-refractivity contribution in [3.8, 4) is 0 Å². The summed E-state index contributed by atoms with van der Waals surface area (Å²) in [6.45, 7) is 8.78. The second-order valence-electron chi connectivity index (χ2n) is 6.19. The first-order chi connectivity index (χ1) is 9.35. The van der Waals surface area contributed by atoms with Gasteiger partial charge in [0.1, 0.15) is 0 Å². The minimum absolute atomic E-state index is 0.132. The van der Waals surface area contributed by atoms with Crippen LogP contribution in [0.3, 0.4) is 0 Å². The van der Waals surface area contributed by atoms with Crippen LogP contribution in [-0.2, 0) is 4.79 Å². The lowest BCUT2D eigenvalue weighted by atomic mass is 9.79. The first-order valence-electron chi connectivity index (χ1n) is 7.63. The van der Waals surface area contributed by atoms with E-state index in [0.717, 1.165) is 25.2 Å². The molecule has 0 aromatic rings. The molecule has 0 saturated heterocycles. The number of carbonyl (C=O) groups excluding carboxylic acids is 1. The van der Waals surface area contributed by atoms with Crippen LogP contribution in [0.25, 0.3) is 0 Å². The summed E-state index contributed by atoms with van der Waals surface area (Å²) >= 11 is 0. The van der Waals surface area contributed by atoms with Crippen LogP contribution in [0.2, 0.25) is 0 Å². The highest BCUT2D eigenvalue weighted by molar-refractivity contribution is 5.76. The molecule has 5 nitrogen and oxygen atoms in total. The van der Waals surface area contributed by atoms with E-state index in [0.29, 0.717) is 12.5 Å². The fourth-order valence-corrected chi connectivity index (χ4v) is 2.71. The van der Waals surface area contributed by atoms with Crippen LogP contribution < -0.4 is 5.32 Å². The molecule has 1 saturated carbocycles. The third-order valence-electron chi connectivity index (χ3n) is 4.51. The molecule has 4 unspecified atom stereocenters. The van der Waals surface area contributed by atoms with Gasteiger partial charge in [0.05, 0.1) is 5.92 Å². The number of hydrogen-bond acceptors (Lipinski definition) is 2. The van der Waals surface area contributed by atoms with Gasteiger partial charge in [-0.15, -0.1) is 0 Å². The zero-order chi connectivity index (χ0) is 15.3. The van der Waals surface area contributed by atoms with Gasteiger partial charge in [0.2, 0.25) is 0 Å². The topological polar surface area (TPSA) is 69.6 Å². The Morgan fingerprint density at radius 2 is 1.95 bits per heavy atom. The number of carbonyl (C=O) groups is 2. The minimum Gasteiger partial charge on any atom is -0.481 e. The van der Waals surface area contributed by atoms with Crippen molar-refractivity contribution < 1.29 is 14.7 Å². The Kier molecular flexibility index (Phi) is 6.30. The number of nitrogens with one attached hydrogen (secondary N) is 1. The molecule has 0 aliphatic heterocycles. The van der Waals surface area contributed by atoms with Gasteiger partial charge in [-0.1, -0.05) is 20.8 Å². The third kappa shape index (κ3) is 4.69. The molecular formula is C15H28N2O3. The van der Waals surface area contributed by atoms with Gasteiger partial charge in [0.25, 0.3) is 0 Å². The first kappa shape index (κ1) is 16.8. The molecule has 0 heterocycles. The van der Waals surface area contributed by atoms with E-state index >= 15 is 0 Å². The van der Waals surface area contributed by atoms with Gasteiger partial charge in [-0.25, -0.2) is 4.79 Å². The van der Waals surface area contributed by atoms with Crippen LogP contribution in [0, 0.1) is 17.8 Å². The normalized spacial score (nSPS) is 27.7. The Labute approximate surface area is 121 Å². The zero-order valence-electron chi connectivity index (χ0n) is 13.1. The summed E-state index contributed by atoms with van der Waals surface area (Å²) < 4.78 is 0. The molecule has 2 amide bonds. The summed E-state index contributed by atoms with van der Waals surface area (Å²) in [5.74, 6) is -0.0538. The average Bonchev–Trinajstić information content (AvgIpc) is 2.39. The highest BCUT2D eigenvalue weighted by Gasteiger charge is 2.27. The van der Waals surface area contributed by atoms with E-state index in [1.807, 2.05) is 6.92 Å². The Bertz CT molecular complexity index is 346. The molecule has 0 aromatic heterocycles. The lowest BCUT2D eigenvalue weighted by molar-refractivity contribution is -0.141. The van der Waals surface area contributed by atoms with Crippen molar-refractivity contribution in [2.45, 2.75) is 53.0 Å². The molecule has 1 aliphatic carbocycles. The van der Waals surface area contributed by atoms with Crippen molar-refractivity contribution in [2.24, 2.45) is 17.8 Å². The fourth-order valence-electron chi connectivity index (χ4n) is 2.71. The molecule has 1 aliphatic rings. The summed E-state index contributed by atoms with van der Waals surface area (Å²) in [6, 6.07) is 0.0928. The maximum atomic E-state index is 12.2. The van der Waals surface area contributed by atoms with E-state index in [2.05, 4.69) is 19.2 Å². The van der Waals surface area contributed by atoms with E-state index in [4.69, 9.17) is 5.11 Å². The molecule has 5 heteroatoms. The van der Waals surface area contributed by atoms with Crippen LogP contribution in [-0.4, -0.2) is 41.1 Å². The van der Waals surface area contributed by atoms with Gasteiger partial charge >= 0.3 is 12.0 Å². The number of hydrogen-bond donors (Lipinski definition) is 2. The number of amides is 2. The average molecular weight is 284 g/mol. The maximum absolute atomic E-state index is 12.2. The van der Waals surface area contributed by atoms with Gasteiger partial charge in [-0.05, 0) is 38.0 Å². The van der Waals surface area contributed by atoms with Crippen LogP contribution in [0.15, 0.2) is 0 Å². The number of rotatable bonds is 5. The Morgan fingerprint density at radius 3 is 2.45 bits per heavy atom. The summed E-state index contributed by atoms with van der Waals surface area (Å²) in [5.41, 5.74) is 0. The lowest BCUT2D eigenvalue weighted by Gasteiger charge is -2.34. The Balaban J connectivity index is 2.49. The van der Waals surface area contributed by atoms with E-state index < -0.39 is 11.9 Å². The van der Waals surface area contributed by atoms with Gasteiger partial charge in [0.15, 0.2) is 0 Å². The van der Waals surface area contributed by atoms with Crippen LogP contribution in [0.5, 0.6) is 0 Å². The molecule has 0 radical (unpaired) electrons. The van der Waals surface area contributed by atoms with Gasteiger partial charge in [-0.3, -0.25) is 4.79 Å². The first-order valence-corrected chi connectivity index (χ1v) is 7.63. The predicted molar refractivity (Wildman–Crippen MR) is 78.5 cm³/mol. The molecule has 116 valence electrons. The maximum Gasteiger partial charge on any atom is 0.317 e. The molecule has 20 heavy (non-hydrogen) atoms. The van der Waals surface area contributed by atoms with Gasteiger partial charge < -0.3 is 15.3 Å². The summed E-state index contributed by atoms with van der Waals surface area (Å²) in [6.07, 6.45) is 3.17. The predicted octanol–water partition coefficient (Wildman–Crippen LogP) is 2.56. The highest BCUT2D eigenvalue weighted by atomic mass is 16.4. The number of urea groups is 1. The molecule has 4 atom stereocenters. The monoisotopic (exact) mass is 284 g/mol. The minimum atomic E-state index is -0.864. The molecular weight excluding hydrogens is 256 g/mol. The molecule has 0 aromatic carbocycles. The summed E-state index contributed by atoms with van der Waals surface area (Å²) in [4.78, 5) is 24.7. The van der Waals surface area contributed by atoms with Crippen LogP contribution in [0.4, 0.5) is 4.79 Å². The van der Waals surface area contributed by atoms with E-state index in [9.17, 15) is 9.59 Å². The molecule has 2 N–H and O–H groups in total. The smallest absolute Gasteiger partial charge is 0.317 e. The summed E-state index contributed by atoms with van der Waals surface area (Å²) in [5, 5.41) is 12.0. The van der Waals surface area contributed by atoms with Crippen molar-refractivity contribution in [3.05, 3.63) is 0 Å². The van der Waals surface area contributed by atoms with Gasteiger partial charge in [-0.2, -0.15) is 0 Å². The summed E-state index contributed by atoms with van der Waals surface area (Å²) in [7, 11) is 0. The zero-order valence-corrected chi connectivity index (χ0v) is 13.1. The molecule has 0 bridgehead atoms. The van der Waals surface area contributed by atoms with Crippen molar-refractivity contribution in [2.75, 3.05) is 13.1 Å². The van der Waals surface area contributed by atoms with Gasteiger partial charge in [0, 0.05) is 19.1 Å². The Morgan fingerprint density at radius 1 is 1.30 bits per heavy atom. The van der Waals surface area contributed by atoms with Crippen molar-refractivity contribution in [1.29, 1.82) is 0 Å². The number of carboxylic acids is 1. The highest BCUT2D eigenvalue weighted by Crippen LogP contribution is 2.29. The quantitative estimate of drug-likeness (QED) is 0.815. The third-order valence-corrected chi connectivity index (χ3v) is 4.51.